The molecule has 0 saturated carbocycles. The van der Waals surface area contributed by atoms with Gasteiger partial charge in [0.15, 0.2) is 0 Å². The number of anilines is 2. The molecular formula is C23H26N4O. The third-order valence-electron chi connectivity index (χ3n) is 5.50. The number of nitrogens with zero attached hydrogens (tertiary/aromatic N) is 3. The molecule has 5 nitrogen and oxygen atoms in total. The molecule has 0 aliphatic carbocycles. The van der Waals surface area contributed by atoms with E-state index in [9.17, 15) is 4.79 Å². The molecule has 1 N–H and O–H groups in total. The van der Waals surface area contributed by atoms with Crippen molar-refractivity contribution >= 4 is 28.3 Å². The van der Waals surface area contributed by atoms with Crippen molar-refractivity contribution in [1.82, 2.24) is 9.88 Å². The number of carbonyl (C=O) groups is 1. The van der Waals surface area contributed by atoms with Crippen LogP contribution in [0.1, 0.15) is 12.0 Å². The van der Waals surface area contributed by atoms with Crippen LogP contribution >= 0.6 is 0 Å². The van der Waals surface area contributed by atoms with Crippen LogP contribution in [-0.2, 0) is 0 Å². The minimum absolute atomic E-state index is 0.0767. The standard InChI is InChI=1S/C23H26N4O/c1-17-10-11-21(20-9-6-13-24-22(17)20)25-23(28)26(2)15-18-12-14-27(16-18)19-7-4-3-5-8-19/h3-11,13,18H,12,14-16H2,1-2H3,(H,25,28). The summed E-state index contributed by atoms with van der Waals surface area (Å²) in [7, 11) is 1.87. The van der Waals surface area contributed by atoms with Crippen molar-refractivity contribution in [2.75, 3.05) is 36.9 Å². The number of hydrogen-bond acceptors (Lipinski definition) is 3. The van der Waals surface area contributed by atoms with Gasteiger partial charge in [0.05, 0.1) is 11.2 Å². The van der Waals surface area contributed by atoms with Gasteiger partial charge < -0.3 is 15.1 Å². The highest BCUT2D eigenvalue weighted by Crippen LogP contribution is 2.26. The molecule has 144 valence electrons. The van der Waals surface area contributed by atoms with Gasteiger partial charge in [-0.3, -0.25) is 4.98 Å². The maximum atomic E-state index is 12.8. The van der Waals surface area contributed by atoms with E-state index >= 15 is 0 Å². The number of hydrogen-bond donors (Lipinski definition) is 1. The third kappa shape index (κ3) is 3.79. The molecule has 1 aliphatic rings. The summed E-state index contributed by atoms with van der Waals surface area (Å²) in [5.41, 5.74) is 4.10. The fourth-order valence-electron chi connectivity index (χ4n) is 3.96. The number of aryl methyl sites for hydroxylation is 1. The highest BCUT2D eigenvalue weighted by Gasteiger charge is 2.25. The predicted octanol–water partition coefficient (Wildman–Crippen LogP) is 4.53. The maximum Gasteiger partial charge on any atom is 0.321 e. The average Bonchev–Trinajstić information content (AvgIpc) is 3.19. The zero-order chi connectivity index (χ0) is 19.5. The van der Waals surface area contributed by atoms with Gasteiger partial charge in [0.25, 0.3) is 0 Å². The first-order valence-corrected chi connectivity index (χ1v) is 9.78. The van der Waals surface area contributed by atoms with Crippen LogP contribution in [0.2, 0.25) is 0 Å². The molecular weight excluding hydrogens is 348 g/mol. The van der Waals surface area contributed by atoms with Crippen molar-refractivity contribution in [2.24, 2.45) is 5.92 Å². The normalized spacial score (nSPS) is 16.4. The molecule has 0 bridgehead atoms. The first kappa shape index (κ1) is 18.3. The lowest BCUT2D eigenvalue weighted by Gasteiger charge is -2.23. The zero-order valence-electron chi connectivity index (χ0n) is 16.4. The number of para-hydroxylation sites is 1. The van der Waals surface area contributed by atoms with Crippen LogP contribution in [0.3, 0.4) is 0 Å². The van der Waals surface area contributed by atoms with Crippen molar-refractivity contribution in [3.8, 4) is 0 Å². The van der Waals surface area contributed by atoms with Crippen LogP contribution < -0.4 is 10.2 Å². The van der Waals surface area contributed by atoms with E-state index in [2.05, 4.69) is 39.5 Å². The van der Waals surface area contributed by atoms with Crippen LogP contribution in [0.25, 0.3) is 10.9 Å². The number of pyridine rings is 1. The minimum atomic E-state index is -0.0767. The fourth-order valence-corrected chi connectivity index (χ4v) is 3.96. The molecule has 4 rings (SSSR count). The topological polar surface area (TPSA) is 48.5 Å². The van der Waals surface area contributed by atoms with E-state index in [1.807, 2.05) is 44.3 Å². The lowest BCUT2D eigenvalue weighted by atomic mass is 10.1. The molecule has 28 heavy (non-hydrogen) atoms. The monoisotopic (exact) mass is 374 g/mol. The second-order valence-corrected chi connectivity index (χ2v) is 7.58. The Kier molecular flexibility index (Phi) is 5.15. The number of fused-ring (bicyclic) bond motifs is 1. The Bertz CT molecular complexity index is 973. The van der Waals surface area contributed by atoms with Crippen molar-refractivity contribution in [3.63, 3.8) is 0 Å². The van der Waals surface area contributed by atoms with E-state index in [1.165, 1.54) is 5.69 Å². The van der Waals surface area contributed by atoms with Crippen molar-refractivity contribution < 1.29 is 4.79 Å². The van der Waals surface area contributed by atoms with Gasteiger partial charge in [-0.1, -0.05) is 24.3 Å². The van der Waals surface area contributed by atoms with E-state index in [-0.39, 0.29) is 6.03 Å². The minimum Gasteiger partial charge on any atom is -0.371 e. The van der Waals surface area contributed by atoms with Crippen LogP contribution in [0.5, 0.6) is 0 Å². The highest BCUT2D eigenvalue weighted by atomic mass is 16.2. The zero-order valence-corrected chi connectivity index (χ0v) is 16.4. The lowest BCUT2D eigenvalue weighted by molar-refractivity contribution is 0.215. The second-order valence-electron chi connectivity index (χ2n) is 7.58. The van der Waals surface area contributed by atoms with E-state index in [1.54, 1.807) is 11.1 Å². The molecule has 0 radical (unpaired) electrons. The SMILES string of the molecule is Cc1ccc(NC(=O)N(C)CC2CCN(c3ccccc3)C2)c2cccnc12. The number of rotatable bonds is 4. The van der Waals surface area contributed by atoms with Crippen molar-refractivity contribution in [3.05, 3.63) is 66.4 Å². The summed E-state index contributed by atoms with van der Waals surface area (Å²) in [5, 5.41) is 4.03. The van der Waals surface area contributed by atoms with Crippen molar-refractivity contribution in [2.45, 2.75) is 13.3 Å². The number of benzene rings is 2. The number of urea groups is 1. The highest BCUT2D eigenvalue weighted by molar-refractivity contribution is 6.01. The quantitative estimate of drug-likeness (QED) is 0.730. The summed E-state index contributed by atoms with van der Waals surface area (Å²) in [6, 6.07) is 18.3. The summed E-state index contributed by atoms with van der Waals surface area (Å²) >= 11 is 0. The van der Waals surface area contributed by atoms with Gasteiger partial charge in [-0.2, -0.15) is 0 Å². The Morgan fingerprint density at radius 2 is 2.00 bits per heavy atom. The summed E-state index contributed by atoms with van der Waals surface area (Å²) in [4.78, 5) is 21.4. The van der Waals surface area contributed by atoms with Crippen LogP contribution in [0, 0.1) is 12.8 Å². The van der Waals surface area contributed by atoms with Gasteiger partial charge in [0, 0.05) is 44.0 Å². The van der Waals surface area contributed by atoms with Crippen LogP contribution in [-0.4, -0.2) is 42.6 Å². The number of carbonyl (C=O) groups excluding carboxylic acids is 1. The first-order chi connectivity index (χ1) is 13.6. The van der Waals surface area contributed by atoms with Gasteiger partial charge in [0.2, 0.25) is 0 Å². The number of amides is 2. The molecule has 1 aromatic heterocycles. The molecule has 2 amide bonds. The first-order valence-electron chi connectivity index (χ1n) is 9.78. The lowest BCUT2D eigenvalue weighted by Crippen LogP contribution is -2.36. The molecule has 3 aromatic rings. The summed E-state index contributed by atoms with van der Waals surface area (Å²) in [6.45, 7) is 4.81. The molecule has 2 heterocycles. The Balaban J connectivity index is 1.39. The van der Waals surface area contributed by atoms with E-state index < -0.39 is 0 Å². The van der Waals surface area contributed by atoms with Gasteiger partial charge in [0.1, 0.15) is 0 Å². The fraction of sp³-hybridized carbons (Fsp3) is 0.304. The summed E-state index contributed by atoms with van der Waals surface area (Å²) in [6.07, 6.45) is 2.88. The molecule has 1 unspecified atom stereocenters. The molecule has 2 aromatic carbocycles. The smallest absolute Gasteiger partial charge is 0.321 e. The Labute approximate surface area is 166 Å². The second kappa shape index (κ2) is 7.89. The number of nitrogens with one attached hydrogen (secondary N) is 1. The molecule has 1 fully saturated rings. The largest absolute Gasteiger partial charge is 0.371 e. The Morgan fingerprint density at radius 3 is 2.82 bits per heavy atom. The van der Waals surface area contributed by atoms with Gasteiger partial charge in [-0.15, -0.1) is 0 Å². The summed E-state index contributed by atoms with van der Waals surface area (Å²) < 4.78 is 0. The van der Waals surface area contributed by atoms with E-state index in [4.69, 9.17) is 0 Å². The average molecular weight is 374 g/mol. The molecule has 1 atom stereocenters. The van der Waals surface area contributed by atoms with Gasteiger partial charge in [-0.25, -0.2) is 4.79 Å². The molecule has 5 heteroatoms. The molecule has 1 saturated heterocycles. The van der Waals surface area contributed by atoms with Crippen molar-refractivity contribution in [1.29, 1.82) is 0 Å². The van der Waals surface area contributed by atoms with Gasteiger partial charge >= 0.3 is 6.03 Å². The Morgan fingerprint density at radius 1 is 1.18 bits per heavy atom. The predicted molar refractivity (Wildman–Crippen MR) is 115 cm³/mol. The third-order valence-corrected chi connectivity index (χ3v) is 5.50. The Hall–Kier alpha value is -3.08. The number of aromatic nitrogens is 1. The van der Waals surface area contributed by atoms with E-state index in [0.29, 0.717) is 5.92 Å². The van der Waals surface area contributed by atoms with Gasteiger partial charge in [-0.05, 0) is 55.2 Å². The molecule has 1 aliphatic heterocycles. The van der Waals surface area contributed by atoms with Crippen LogP contribution in [0.15, 0.2) is 60.8 Å². The maximum absolute atomic E-state index is 12.8. The van der Waals surface area contributed by atoms with E-state index in [0.717, 1.165) is 48.2 Å². The molecule has 0 spiro atoms. The van der Waals surface area contributed by atoms with Crippen LogP contribution in [0.4, 0.5) is 16.2 Å². The summed E-state index contributed by atoms with van der Waals surface area (Å²) in [5.74, 6) is 0.479.